The van der Waals surface area contributed by atoms with Gasteiger partial charge in [-0.2, -0.15) is 0 Å². The molecule has 1 unspecified atom stereocenters. The number of benzene rings is 1. The third kappa shape index (κ3) is 2.22. The molecule has 0 saturated heterocycles. The average molecular weight is 206 g/mol. The molecular formula is C14H19F. The van der Waals surface area contributed by atoms with Gasteiger partial charge in [0, 0.05) is 0 Å². The number of halogens is 1. The lowest BCUT2D eigenvalue weighted by Crippen LogP contribution is -2.07. The van der Waals surface area contributed by atoms with Gasteiger partial charge in [0.05, 0.1) is 0 Å². The first-order valence-corrected chi connectivity index (χ1v) is 5.97. The molecule has 0 aliphatic heterocycles. The Balaban J connectivity index is 2.42. The highest BCUT2D eigenvalue weighted by molar-refractivity contribution is 5.32. The van der Waals surface area contributed by atoms with Gasteiger partial charge in [0.15, 0.2) is 0 Å². The van der Waals surface area contributed by atoms with Crippen molar-refractivity contribution in [1.29, 1.82) is 0 Å². The van der Waals surface area contributed by atoms with Gasteiger partial charge in [-0.05, 0) is 54.4 Å². The van der Waals surface area contributed by atoms with E-state index in [1.807, 2.05) is 6.07 Å². The molecule has 82 valence electrons. The Hall–Kier alpha value is -0.850. The van der Waals surface area contributed by atoms with Gasteiger partial charge >= 0.3 is 0 Å². The summed E-state index contributed by atoms with van der Waals surface area (Å²) in [6.07, 6.45) is 4.87. The van der Waals surface area contributed by atoms with Crippen molar-refractivity contribution in [3.05, 3.63) is 35.1 Å². The molecule has 2 rings (SSSR count). The van der Waals surface area contributed by atoms with Crippen molar-refractivity contribution < 1.29 is 4.39 Å². The van der Waals surface area contributed by atoms with Crippen LogP contribution in [0.25, 0.3) is 0 Å². The molecular weight excluding hydrogens is 187 g/mol. The summed E-state index contributed by atoms with van der Waals surface area (Å²) >= 11 is 0. The first-order chi connectivity index (χ1) is 7.18. The Kier molecular flexibility index (Phi) is 3.08. The summed E-state index contributed by atoms with van der Waals surface area (Å²) in [5, 5.41) is 0. The summed E-state index contributed by atoms with van der Waals surface area (Å²) in [7, 11) is 0. The summed E-state index contributed by atoms with van der Waals surface area (Å²) in [4.78, 5) is 0. The normalized spacial score (nSPS) is 21.2. The second-order valence-electron chi connectivity index (χ2n) is 4.94. The highest BCUT2D eigenvalue weighted by Crippen LogP contribution is 2.35. The van der Waals surface area contributed by atoms with E-state index in [9.17, 15) is 4.39 Å². The van der Waals surface area contributed by atoms with E-state index in [1.165, 1.54) is 30.4 Å². The van der Waals surface area contributed by atoms with Crippen molar-refractivity contribution in [3.8, 4) is 0 Å². The predicted molar refractivity (Wildman–Crippen MR) is 61.5 cm³/mol. The molecule has 0 amide bonds. The fraction of sp³-hybridized carbons (Fsp3) is 0.571. The smallest absolute Gasteiger partial charge is 0.123 e. The summed E-state index contributed by atoms with van der Waals surface area (Å²) in [6.45, 7) is 4.48. The molecule has 0 N–H and O–H groups in total. The zero-order valence-electron chi connectivity index (χ0n) is 9.59. The molecule has 15 heavy (non-hydrogen) atoms. The third-order valence-corrected chi connectivity index (χ3v) is 3.52. The van der Waals surface area contributed by atoms with Crippen LogP contribution in [0.4, 0.5) is 4.39 Å². The quantitative estimate of drug-likeness (QED) is 0.601. The van der Waals surface area contributed by atoms with Crippen LogP contribution in [0.1, 0.15) is 50.2 Å². The van der Waals surface area contributed by atoms with Crippen LogP contribution >= 0.6 is 0 Å². The molecule has 1 aliphatic carbocycles. The lowest BCUT2D eigenvalue weighted by molar-refractivity contribution is 0.458. The van der Waals surface area contributed by atoms with Crippen LogP contribution in [-0.2, 0) is 6.42 Å². The molecule has 0 saturated carbocycles. The highest BCUT2D eigenvalue weighted by Gasteiger charge is 2.21. The fourth-order valence-corrected chi connectivity index (χ4v) is 2.67. The minimum Gasteiger partial charge on any atom is -0.207 e. The zero-order valence-corrected chi connectivity index (χ0v) is 9.59. The lowest BCUT2D eigenvalue weighted by atomic mass is 9.84. The molecule has 1 aromatic carbocycles. The van der Waals surface area contributed by atoms with Crippen LogP contribution in [0, 0.1) is 11.7 Å². The van der Waals surface area contributed by atoms with Crippen molar-refractivity contribution in [2.45, 2.75) is 45.4 Å². The van der Waals surface area contributed by atoms with Gasteiger partial charge < -0.3 is 0 Å². The SMILES string of the molecule is CC(C)C1CCCCc2ccc(F)cc21. The Morgan fingerprint density at radius 2 is 2.07 bits per heavy atom. The van der Waals surface area contributed by atoms with Crippen molar-refractivity contribution in [1.82, 2.24) is 0 Å². The molecule has 1 heteroatoms. The number of rotatable bonds is 1. The van der Waals surface area contributed by atoms with Crippen LogP contribution in [-0.4, -0.2) is 0 Å². The van der Waals surface area contributed by atoms with E-state index in [0.717, 1.165) is 6.42 Å². The summed E-state index contributed by atoms with van der Waals surface area (Å²) < 4.78 is 13.3. The topological polar surface area (TPSA) is 0 Å². The largest absolute Gasteiger partial charge is 0.207 e. The maximum atomic E-state index is 13.3. The number of hydrogen-bond acceptors (Lipinski definition) is 0. The third-order valence-electron chi connectivity index (χ3n) is 3.52. The average Bonchev–Trinajstić information content (AvgIpc) is 2.39. The minimum absolute atomic E-state index is 0.0821. The van der Waals surface area contributed by atoms with Crippen molar-refractivity contribution in [2.24, 2.45) is 5.92 Å². The summed E-state index contributed by atoms with van der Waals surface area (Å²) in [5.74, 6) is 1.09. The van der Waals surface area contributed by atoms with Crippen molar-refractivity contribution in [2.75, 3.05) is 0 Å². The van der Waals surface area contributed by atoms with Gasteiger partial charge in [-0.25, -0.2) is 4.39 Å². The van der Waals surface area contributed by atoms with Gasteiger partial charge in [-0.1, -0.05) is 26.3 Å². The molecule has 1 aliphatic rings. The van der Waals surface area contributed by atoms with E-state index >= 15 is 0 Å². The van der Waals surface area contributed by atoms with E-state index in [4.69, 9.17) is 0 Å². The summed E-state index contributed by atoms with van der Waals surface area (Å²) in [5.41, 5.74) is 2.63. The highest BCUT2D eigenvalue weighted by atomic mass is 19.1. The van der Waals surface area contributed by atoms with E-state index in [2.05, 4.69) is 13.8 Å². The Morgan fingerprint density at radius 3 is 2.80 bits per heavy atom. The van der Waals surface area contributed by atoms with Crippen molar-refractivity contribution in [3.63, 3.8) is 0 Å². The number of hydrogen-bond donors (Lipinski definition) is 0. The second kappa shape index (κ2) is 4.34. The molecule has 0 fully saturated rings. The van der Waals surface area contributed by atoms with Gasteiger partial charge in [0.1, 0.15) is 5.82 Å². The Bertz CT molecular complexity index is 341. The Labute approximate surface area is 91.5 Å². The van der Waals surface area contributed by atoms with Gasteiger partial charge in [0.25, 0.3) is 0 Å². The van der Waals surface area contributed by atoms with E-state index in [1.54, 1.807) is 12.1 Å². The van der Waals surface area contributed by atoms with Crippen molar-refractivity contribution >= 4 is 0 Å². The summed E-state index contributed by atoms with van der Waals surface area (Å²) in [6, 6.07) is 5.33. The molecule has 0 spiro atoms. The molecule has 0 heterocycles. The van der Waals surface area contributed by atoms with Gasteiger partial charge in [-0.3, -0.25) is 0 Å². The molecule has 0 aromatic heterocycles. The monoisotopic (exact) mass is 206 g/mol. The molecule has 0 nitrogen and oxygen atoms in total. The molecule has 0 radical (unpaired) electrons. The first-order valence-electron chi connectivity index (χ1n) is 5.97. The van der Waals surface area contributed by atoms with Crippen LogP contribution in [0.3, 0.4) is 0 Å². The van der Waals surface area contributed by atoms with Crippen LogP contribution in [0.15, 0.2) is 18.2 Å². The first kappa shape index (κ1) is 10.7. The second-order valence-corrected chi connectivity index (χ2v) is 4.94. The maximum absolute atomic E-state index is 13.3. The Morgan fingerprint density at radius 1 is 1.27 bits per heavy atom. The van der Waals surface area contributed by atoms with E-state index in [0.29, 0.717) is 11.8 Å². The van der Waals surface area contributed by atoms with E-state index < -0.39 is 0 Å². The van der Waals surface area contributed by atoms with Gasteiger partial charge in [0.2, 0.25) is 0 Å². The number of aryl methyl sites for hydroxylation is 1. The minimum atomic E-state index is -0.0821. The van der Waals surface area contributed by atoms with Crippen LogP contribution in [0.2, 0.25) is 0 Å². The van der Waals surface area contributed by atoms with Crippen LogP contribution in [0.5, 0.6) is 0 Å². The molecule has 1 aromatic rings. The molecule has 1 atom stereocenters. The van der Waals surface area contributed by atoms with Gasteiger partial charge in [-0.15, -0.1) is 0 Å². The number of fused-ring (bicyclic) bond motifs is 1. The molecule has 0 bridgehead atoms. The maximum Gasteiger partial charge on any atom is 0.123 e. The fourth-order valence-electron chi connectivity index (χ4n) is 2.67. The van der Waals surface area contributed by atoms with E-state index in [-0.39, 0.29) is 5.82 Å². The predicted octanol–water partition coefficient (Wildman–Crippen LogP) is 4.29. The zero-order chi connectivity index (χ0) is 10.8. The van der Waals surface area contributed by atoms with Crippen LogP contribution < -0.4 is 0 Å². The lowest BCUT2D eigenvalue weighted by Gasteiger charge is -2.21. The standard InChI is InChI=1S/C14H19F/c1-10(2)13-6-4-3-5-11-7-8-12(15)9-14(11)13/h7-10,13H,3-6H2,1-2H3.